The Hall–Kier alpha value is -0.730. The number of imidazole rings is 1. The van der Waals surface area contributed by atoms with Crippen molar-refractivity contribution < 1.29 is 10.2 Å². The molecule has 3 atom stereocenters. The molecule has 0 aliphatic carbocycles. The first kappa shape index (κ1) is 16.1. The van der Waals surface area contributed by atoms with Gasteiger partial charge in [-0.3, -0.25) is 0 Å². The fourth-order valence-electron chi connectivity index (χ4n) is 2.86. The minimum Gasteiger partial charge on any atom is -0.392 e. The van der Waals surface area contributed by atoms with Crippen molar-refractivity contribution in [3.05, 3.63) is 22.0 Å². The van der Waals surface area contributed by atoms with Crippen LogP contribution in [0.15, 0.2) is 17.0 Å². The van der Waals surface area contributed by atoms with E-state index in [0.29, 0.717) is 33.6 Å². The third kappa shape index (κ3) is 3.28. The summed E-state index contributed by atoms with van der Waals surface area (Å²) >= 11 is 9.50. The molecule has 3 N–H and O–H groups in total. The van der Waals surface area contributed by atoms with Crippen LogP contribution in [-0.2, 0) is 6.54 Å². The molecule has 0 spiro atoms. The summed E-state index contributed by atoms with van der Waals surface area (Å²) in [4.78, 5) is 8.57. The Morgan fingerprint density at radius 1 is 1.50 bits per heavy atom. The molecule has 2 aromatic rings. The number of aromatic nitrogens is 3. The molecule has 1 aliphatic rings. The molecule has 1 aliphatic heterocycles. The normalized spacial score (nSPS) is 23.8. The molecule has 8 heteroatoms. The molecule has 0 saturated carbocycles. The maximum atomic E-state index is 10.3. The molecule has 120 valence electrons. The van der Waals surface area contributed by atoms with Crippen molar-refractivity contribution in [2.75, 3.05) is 6.54 Å². The smallest absolute Gasteiger partial charge is 0.161 e. The molecule has 1 unspecified atom stereocenters. The van der Waals surface area contributed by atoms with Crippen LogP contribution in [0, 0.1) is 0 Å². The molecule has 0 aromatic carbocycles. The van der Waals surface area contributed by atoms with E-state index in [1.54, 1.807) is 17.1 Å². The van der Waals surface area contributed by atoms with E-state index in [1.807, 2.05) is 0 Å². The zero-order valence-electron chi connectivity index (χ0n) is 11.9. The van der Waals surface area contributed by atoms with E-state index in [1.165, 1.54) is 0 Å². The van der Waals surface area contributed by atoms with Crippen LogP contribution in [0.1, 0.15) is 19.3 Å². The number of pyridine rings is 1. The number of hydrogen-bond donors (Lipinski definition) is 3. The molecule has 22 heavy (non-hydrogen) atoms. The number of hydrogen-bond acceptors (Lipinski definition) is 5. The van der Waals surface area contributed by atoms with E-state index < -0.39 is 12.2 Å². The highest BCUT2D eigenvalue weighted by atomic mass is 79.9. The number of nitrogens with one attached hydrogen (secondary N) is 1. The summed E-state index contributed by atoms with van der Waals surface area (Å²) in [5.74, 6) is 0. The lowest BCUT2D eigenvalue weighted by atomic mass is 9.96. The molecule has 0 radical (unpaired) electrons. The maximum absolute atomic E-state index is 10.3. The SMILES string of the molecule is OC(C[C@H]1NCCC[C@@H]1O)Cn1cnc2c(Cl)c(Br)cnc21. The fourth-order valence-corrected chi connectivity index (χ4v) is 3.33. The van der Waals surface area contributed by atoms with Gasteiger partial charge >= 0.3 is 0 Å². The van der Waals surface area contributed by atoms with Crippen molar-refractivity contribution in [1.82, 2.24) is 19.9 Å². The van der Waals surface area contributed by atoms with Gasteiger partial charge in [-0.2, -0.15) is 0 Å². The highest BCUT2D eigenvalue weighted by Gasteiger charge is 2.25. The van der Waals surface area contributed by atoms with Gasteiger partial charge in [0.25, 0.3) is 0 Å². The van der Waals surface area contributed by atoms with Crippen LogP contribution in [0.4, 0.5) is 0 Å². The zero-order valence-corrected chi connectivity index (χ0v) is 14.3. The first-order valence-corrected chi connectivity index (χ1v) is 8.47. The summed E-state index contributed by atoms with van der Waals surface area (Å²) in [5.41, 5.74) is 1.25. The molecular weight excluding hydrogens is 372 g/mol. The van der Waals surface area contributed by atoms with Gasteiger partial charge < -0.3 is 20.1 Å². The lowest BCUT2D eigenvalue weighted by Gasteiger charge is -2.30. The average molecular weight is 390 g/mol. The first-order valence-electron chi connectivity index (χ1n) is 7.30. The van der Waals surface area contributed by atoms with Gasteiger partial charge in [-0.1, -0.05) is 11.6 Å². The number of fused-ring (bicyclic) bond motifs is 1. The van der Waals surface area contributed by atoms with Crippen molar-refractivity contribution >= 4 is 38.7 Å². The van der Waals surface area contributed by atoms with E-state index in [4.69, 9.17) is 11.6 Å². The second-order valence-corrected chi connectivity index (χ2v) is 6.88. The average Bonchev–Trinajstić information content (AvgIpc) is 2.89. The number of rotatable bonds is 4. The predicted octanol–water partition coefficient (Wildman–Crippen LogP) is 1.71. The Labute approximate surface area is 141 Å². The summed E-state index contributed by atoms with van der Waals surface area (Å²) in [7, 11) is 0. The van der Waals surface area contributed by atoms with E-state index in [0.717, 1.165) is 19.4 Å². The summed E-state index contributed by atoms with van der Waals surface area (Å²) in [5, 5.41) is 24.0. The Morgan fingerprint density at radius 2 is 2.32 bits per heavy atom. The second-order valence-electron chi connectivity index (χ2n) is 5.65. The largest absolute Gasteiger partial charge is 0.392 e. The van der Waals surface area contributed by atoms with E-state index >= 15 is 0 Å². The van der Waals surface area contributed by atoms with Crippen molar-refractivity contribution in [3.63, 3.8) is 0 Å². The molecule has 3 rings (SSSR count). The molecule has 0 bridgehead atoms. The molecule has 2 aromatic heterocycles. The van der Waals surface area contributed by atoms with Crippen molar-refractivity contribution in [2.24, 2.45) is 0 Å². The predicted molar refractivity (Wildman–Crippen MR) is 87.9 cm³/mol. The number of aliphatic hydroxyl groups is 2. The molecule has 1 saturated heterocycles. The van der Waals surface area contributed by atoms with Gasteiger partial charge in [0.05, 0.1) is 34.6 Å². The zero-order chi connectivity index (χ0) is 15.7. The Morgan fingerprint density at radius 3 is 3.09 bits per heavy atom. The summed E-state index contributed by atoms with van der Waals surface area (Å²) < 4.78 is 2.48. The van der Waals surface area contributed by atoms with Gasteiger partial charge in [0.2, 0.25) is 0 Å². The monoisotopic (exact) mass is 388 g/mol. The van der Waals surface area contributed by atoms with E-state index in [9.17, 15) is 10.2 Å². The van der Waals surface area contributed by atoms with Crippen molar-refractivity contribution in [3.8, 4) is 0 Å². The van der Waals surface area contributed by atoms with Crippen LogP contribution in [0.25, 0.3) is 11.2 Å². The van der Waals surface area contributed by atoms with Crippen LogP contribution in [0.3, 0.4) is 0 Å². The number of nitrogens with zero attached hydrogens (tertiary/aromatic N) is 3. The van der Waals surface area contributed by atoms with Crippen LogP contribution < -0.4 is 5.32 Å². The summed E-state index contributed by atoms with van der Waals surface area (Å²) in [6.07, 6.45) is 4.51. The lowest BCUT2D eigenvalue weighted by molar-refractivity contribution is 0.0546. The summed E-state index contributed by atoms with van der Waals surface area (Å²) in [6.45, 7) is 1.25. The Balaban J connectivity index is 1.71. The van der Waals surface area contributed by atoms with Crippen molar-refractivity contribution in [1.29, 1.82) is 0 Å². The third-order valence-corrected chi connectivity index (χ3v) is 5.22. The van der Waals surface area contributed by atoms with Crippen LogP contribution in [-0.4, -0.2) is 49.5 Å². The highest BCUT2D eigenvalue weighted by molar-refractivity contribution is 9.10. The lowest BCUT2D eigenvalue weighted by Crippen LogP contribution is -2.46. The molecule has 1 fully saturated rings. The maximum Gasteiger partial charge on any atom is 0.161 e. The fraction of sp³-hybridized carbons (Fsp3) is 0.571. The Bertz CT molecular complexity index is 666. The molecular formula is C14H18BrClN4O2. The second kappa shape index (κ2) is 6.80. The van der Waals surface area contributed by atoms with E-state index in [2.05, 4.69) is 31.2 Å². The van der Waals surface area contributed by atoms with Gasteiger partial charge in [0, 0.05) is 12.2 Å². The summed E-state index contributed by atoms with van der Waals surface area (Å²) in [6, 6.07) is -0.0655. The first-order chi connectivity index (χ1) is 10.6. The van der Waals surface area contributed by atoms with Gasteiger partial charge in [0.15, 0.2) is 5.65 Å². The Kier molecular flexibility index (Phi) is 4.99. The van der Waals surface area contributed by atoms with Gasteiger partial charge in [0.1, 0.15) is 5.52 Å². The quantitative estimate of drug-likeness (QED) is 0.741. The van der Waals surface area contributed by atoms with Crippen LogP contribution in [0.2, 0.25) is 5.02 Å². The number of piperidine rings is 1. The molecule has 0 amide bonds. The van der Waals surface area contributed by atoms with Crippen LogP contribution in [0.5, 0.6) is 0 Å². The minimum absolute atomic E-state index is 0.0655. The third-order valence-electron chi connectivity index (χ3n) is 4.01. The topological polar surface area (TPSA) is 83.2 Å². The minimum atomic E-state index is -0.591. The van der Waals surface area contributed by atoms with Crippen molar-refractivity contribution in [2.45, 2.75) is 44.1 Å². The number of halogens is 2. The van der Waals surface area contributed by atoms with Gasteiger partial charge in [-0.25, -0.2) is 9.97 Å². The van der Waals surface area contributed by atoms with Crippen LogP contribution >= 0.6 is 27.5 Å². The molecule has 3 heterocycles. The highest BCUT2D eigenvalue weighted by Crippen LogP contribution is 2.28. The van der Waals surface area contributed by atoms with Gasteiger partial charge in [-0.05, 0) is 41.7 Å². The molecule has 6 nitrogen and oxygen atoms in total. The number of aliphatic hydroxyl groups excluding tert-OH is 2. The standard InChI is InChI=1S/C14H18BrClN4O2/c15-9-5-18-14-13(12(9)16)19-7-20(14)6-8(21)4-10-11(22)2-1-3-17-10/h5,7-8,10-11,17,21-22H,1-4,6H2/t8?,10-,11+/m1/s1. The van der Waals surface area contributed by atoms with Gasteiger partial charge in [-0.15, -0.1) is 0 Å². The van der Waals surface area contributed by atoms with E-state index in [-0.39, 0.29) is 6.04 Å².